The molecule has 0 aliphatic heterocycles. The lowest BCUT2D eigenvalue weighted by Gasteiger charge is -2.24. The van der Waals surface area contributed by atoms with Crippen LogP contribution in [0.3, 0.4) is 0 Å². The van der Waals surface area contributed by atoms with E-state index < -0.39 is 0 Å². The van der Waals surface area contributed by atoms with E-state index in [9.17, 15) is 4.79 Å². The summed E-state index contributed by atoms with van der Waals surface area (Å²) in [7, 11) is 1.63. The van der Waals surface area contributed by atoms with Crippen molar-refractivity contribution in [3.63, 3.8) is 0 Å². The predicted octanol–water partition coefficient (Wildman–Crippen LogP) is 4.96. The van der Waals surface area contributed by atoms with E-state index in [1.165, 1.54) is 0 Å². The maximum atomic E-state index is 12.9. The minimum atomic E-state index is -0.296. The van der Waals surface area contributed by atoms with Gasteiger partial charge in [0.05, 0.1) is 19.4 Å². The number of methoxy groups -OCH3 is 1. The first-order valence-electron chi connectivity index (χ1n) is 8.22. The molecule has 1 N–H and O–H groups in total. The molecule has 0 saturated heterocycles. The van der Waals surface area contributed by atoms with Crippen molar-refractivity contribution in [1.82, 2.24) is 0 Å². The van der Waals surface area contributed by atoms with Crippen molar-refractivity contribution in [2.45, 2.75) is 13.0 Å². The molecule has 0 saturated carbocycles. The molecule has 4 heteroatoms. The average molecular weight is 335 g/mol. The lowest BCUT2D eigenvalue weighted by Crippen LogP contribution is -2.25. The lowest BCUT2D eigenvalue weighted by molar-refractivity contribution is 0.0912. The molecular formula is C21H21NO3. The van der Waals surface area contributed by atoms with Gasteiger partial charge in [-0.2, -0.15) is 0 Å². The van der Waals surface area contributed by atoms with Crippen molar-refractivity contribution in [2.24, 2.45) is 5.92 Å². The minimum absolute atomic E-state index is 0.0722. The molecule has 0 amide bonds. The molecule has 4 nitrogen and oxygen atoms in total. The molecule has 0 aliphatic carbocycles. The Labute approximate surface area is 147 Å². The molecule has 3 aromatic rings. The van der Waals surface area contributed by atoms with Crippen molar-refractivity contribution < 1.29 is 13.9 Å². The topological polar surface area (TPSA) is 51.5 Å². The van der Waals surface area contributed by atoms with Gasteiger partial charge in [0, 0.05) is 17.2 Å². The number of hydrogen-bond donors (Lipinski definition) is 1. The van der Waals surface area contributed by atoms with Crippen LogP contribution in [-0.2, 0) is 0 Å². The molecular weight excluding hydrogens is 314 g/mol. The van der Waals surface area contributed by atoms with Crippen molar-refractivity contribution >= 4 is 11.5 Å². The van der Waals surface area contributed by atoms with Gasteiger partial charge in [-0.1, -0.05) is 37.3 Å². The number of hydrogen-bond acceptors (Lipinski definition) is 4. The first-order valence-corrected chi connectivity index (χ1v) is 8.22. The fraction of sp³-hybridized carbons (Fsp3) is 0.190. The van der Waals surface area contributed by atoms with Crippen LogP contribution in [0.25, 0.3) is 0 Å². The summed E-state index contributed by atoms with van der Waals surface area (Å²) in [5, 5.41) is 3.41. The number of furan rings is 1. The number of carbonyl (C=O) groups is 1. The molecule has 0 bridgehead atoms. The zero-order valence-corrected chi connectivity index (χ0v) is 14.3. The van der Waals surface area contributed by atoms with Crippen LogP contribution in [0.5, 0.6) is 5.75 Å². The SMILES string of the molecule is COc1ccc(NC(c2ccco2)C(C)C(=O)c2ccccc2)cc1. The first kappa shape index (κ1) is 16.8. The summed E-state index contributed by atoms with van der Waals surface area (Å²) in [5.74, 6) is 1.29. The van der Waals surface area contributed by atoms with Crippen molar-refractivity contribution in [3.8, 4) is 5.75 Å². The van der Waals surface area contributed by atoms with Crippen molar-refractivity contribution in [3.05, 3.63) is 84.3 Å². The van der Waals surface area contributed by atoms with Crippen LogP contribution < -0.4 is 10.1 Å². The fourth-order valence-electron chi connectivity index (χ4n) is 2.79. The highest BCUT2D eigenvalue weighted by Crippen LogP contribution is 2.30. The van der Waals surface area contributed by atoms with Gasteiger partial charge < -0.3 is 14.5 Å². The minimum Gasteiger partial charge on any atom is -0.497 e. The Hall–Kier alpha value is -3.01. The smallest absolute Gasteiger partial charge is 0.168 e. The Morgan fingerprint density at radius 2 is 1.72 bits per heavy atom. The summed E-state index contributed by atoms with van der Waals surface area (Å²) in [6.45, 7) is 1.92. The highest BCUT2D eigenvalue weighted by atomic mass is 16.5. The Kier molecular flexibility index (Phi) is 5.19. The maximum absolute atomic E-state index is 12.9. The number of ketones is 1. The molecule has 2 atom stereocenters. The highest BCUT2D eigenvalue weighted by Gasteiger charge is 2.28. The number of anilines is 1. The molecule has 3 rings (SSSR count). The number of carbonyl (C=O) groups excluding carboxylic acids is 1. The number of benzene rings is 2. The third-order valence-corrected chi connectivity index (χ3v) is 4.23. The van der Waals surface area contributed by atoms with Gasteiger partial charge in [-0.05, 0) is 36.4 Å². The van der Waals surface area contributed by atoms with Gasteiger partial charge in [0.25, 0.3) is 0 Å². The number of Topliss-reactive ketones (excluding diaryl/α,β-unsaturated/α-hetero) is 1. The zero-order chi connectivity index (χ0) is 17.6. The maximum Gasteiger partial charge on any atom is 0.168 e. The van der Waals surface area contributed by atoms with Gasteiger partial charge in [-0.25, -0.2) is 0 Å². The van der Waals surface area contributed by atoms with E-state index in [0.29, 0.717) is 5.56 Å². The highest BCUT2D eigenvalue weighted by molar-refractivity contribution is 5.98. The predicted molar refractivity (Wildman–Crippen MR) is 98.0 cm³/mol. The average Bonchev–Trinajstić information content (AvgIpc) is 3.20. The Balaban J connectivity index is 1.85. The molecule has 2 aromatic carbocycles. The monoisotopic (exact) mass is 335 g/mol. The summed E-state index contributed by atoms with van der Waals surface area (Å²) in [4.78, 5) is 12.9. The van der Waals surface area contributed by atoms with E-state index in [-0.39, 0.29) is 17.7 Å². The van der Waals surface area contributed by atoms with Crippen molar-refractivity contribution in [2.75, 3.05) is 12.4 Å². The van der Waals surface area contributed by atoms with E-state index in [1.54, 1.807) is 13.4 Å². The van der Waals surface area contributed by atoms with E-state index in [4.69, 9.17) is 9.15 Å². The molecule has 25 heavy (non-hydrogen) atoms. The summed E-state index contributed by atoms with van der Waals surface area (Å²) >= 11 is 0. The Morgan fingerprint density at radius 3 is 2.32 bits per heavy atom. The van der Waals surface area contributed by atoms with Crippen LogP contribution in [0, 0.1) is 5.92 Å². The first-order chi connectivity index (χ1) is 12.2. The van der Waals surface area contributed by atoms with E-state index in [0.717, 1.165) is 17.2 Å². The van der Waals surface area contributed by atoms with E-state index in [1.807, 2.05) is 73.7 Å². The second-order valence-corrected chi connectivity index (χ2v) is 5.88. The van der Waals surface area contributed by atoms with Crippen LogP contribution in [0.15, 0.2) is 77.4 Å². The molecule has 2 unspecified atom stereocenters. The van der Waals surface area contributed by atoms with Gasteiger partial charge in [-0.15, -0.1) is 0 Å². The van der Waals surface area contributed by atoms with Gasteiger partial charge in [0.2, 0.25) is 0 Å². The quantitative estimate of drug-likeness (QED) is 0.620. The summed E-state index contributed by atoms with van der Waals surface area (Å²) in [6.07, 6.45) is 1.62. The van der Waals surface area contributed by atoms with Crippen LogP contribution >= 0.6 is 0 Å². The third-order valence-electron chi connectivity index (χ3n) is 4.23. The van der Waals surface area contributed by atoms with Gasteiger partial charge in [0.1, 0.15) is 11.5 Å². The van der Waals surface area contributed by atoms with Crippen molar-refractivity contribution in [1.29, 1.82) is 0 Å². The standard InChI is InChI=1S/C21H21NO3/c1-15(21(23)16-7-4-3-5-8-16)20(19-9-6-14-25-19)22-17-10-12-18(24-2)13-11-17/h3-15,20,22H,1-2H3. The Bertz CT molecular complexity index is 795. The second kappa shape index (κ2) is 7.71. The Morgan fingerprint density at radius 1 is 1.00 bits per heavy atom. The molecule has 0 aliphatic rings. The molecule has 1 aromatic heterocycles. The van der Waals surface area contributed by atoms with Crippen LogP contribution in [0.2, 0.25) is 0 Å². The van der Waals surface area contributed by atoms with Crippen LogP contribution in [0.1, 0.15) is 29.1 Å². The van der Waals surface area contributed by atoms with Gasteiger partial charge >= 0.3 is 0 Å². The molecule has 0 fully saturated rings. The van der Waals surface area contributed by atoms with E-state index in [2.05, 4.69) is 5.32 Å². The summed E-state index contributed by atoms with van der Waals surface area (Å²) < 4.78 is 10.8. The molecule has 0 radical (unpaired) electrons. The summed E-state index contributed by atoms with van der Waals surface area (Å²) in [5.41, 5.74) is 1.60. The molecule has 128 valence electrons. The number of rotatable bonds is 7. The van der Waals surface area contributed by atoms with Crippen LogP contribution in [-0.4, -0.2) is 12.9 Å². The number of ether oxygens (including phenoxy) is 1. The fourth-order valence-corrected chi connectivity index (χ4v) is 2.79. The van der Waals surface area contributed by atoms with Crippen LogP contribution in [0.4, 0.5) is 5.69 Å². The normalized spacial score (nSPS) is 13.0. The lowest BCUT2D eigenvalue weighted by atomic mass is 9.90. The second-order valence-electron chi connectivity index (χ2n) is 5.88. The van der Waals surface area contributed by atoms with E-state index >= 15 is 0 Å². The van der Waals surface area contributed by atoms with Gasteiger partial charge in [-0.3, -0.25) is 4.79 Å². The zero-order valence-electron chi connectivity index (χ0n) is 14.3. The third kappa shape index (κ3) is 3.91. The van der Waals surface area contributed by atoms with Gasteiger partial charge in [0.15, 0.2) is 5.78 Å². The largest absolute Gasteiger partial charge is 0.497 e. The summed E-state index contributed by atoms with van der Waals surface area (Å²) in [6, 6.07) is 20.4. The molecule has 0 spiro atoms. The molecule has 1 heterocycles. The number of nitrogens with one attached hydrogen (secondary N) is 1.